The van der Waals surface area contributed by atoms with Crippen LogP contribution in [-0.4, -0.2) is 19.6 Å². The molecule has 0 amide bonds. The normalized spacial score (nSPS) is 19.8. The lowest BCUT2D eigenvalue weighted by Gasteiger charge is -2.21. The second kappa shape index (κ2) is 4.42. The van der Waals surface area contributed by atoms with E-state index < -0.39 is 5.67 Å². The smallest absolute Gasteiger partial charge is 0.145 e. The second-order valence-electron chi connectivity index (χ2n) is 4.64. The van der Waals surface area contributed by atoms with Crippen LogP contribution in [0.25, 0.3) is 0 Å². The molecule has 0 spiro atoms. The van der Waals surface area contributed by atoms with Crippen molar-refractivity contribution in [2.75, 3.05) is 24.5 Å². The number of nitrogens with two attached hydrogens (primary N) is 1. The van der Waals surface area contributed by atoms with E-state index in [0.29, 0.717) is 5.56 Å². The molecule has 1 aliphatic heterocycles. The zero-order valence-corrected chi connectivity index (χ0v) is 9.75. The van der Waals surface area contributed by atoms with Crippen LogP contribution in [-0.2, 0) is 5.67 Å². The second-order valence-corrected chi connectivity index (χ2v) is 4.64. The number of rotatable bonds is 3. The molecule has 3 heteroatoms. The number of benzene rings is 1. The molecule has 2 nitrogen and oxygen atoms in total. The molecule has 0 saturated carbocycles. The van der Waals surface area contributed by atoms with Gasteiger partial charge in [0.1, 0.15) is 5.67 Å². The first-order valence-electron chi connectivity index (χ1n) is 5.88. The highest BCUT2D eigenvalue weighted by Crippen LogP contribution is 2.27. The third-order valence-electron chi connectivity index (χ3n) is 3.32. The van der Waals surface area contributed by atoms with Gasteiger partial charge in [0.2, 0.25) is 0 Å². The molecule has 1 atom stereocenters. The third-order valence-corrected chi connectivity index (χ3v) is 3.32. The first-order valence-corrected chi connectivity index (χ1v) is 5.88. The molecule has 88 valence electrons. The van der Waals surface area contributed by atoms with Crippen LogP contribution < -0.4 is 10.6 Å². The lowest BCUT2D eigenvalue weighted by molar-refractivity contribution is 0.203. The molecule has 1 saturated heterocycles. The fourth-order valence-electron chi connectivity index (χ4n) is 2.11. The monoisotopic (exact) mass is 222 g/mol. The minimum atomic E-state index is -1.41. The van der Waals surface area contributed by atoms with E-state index in [0.717, 1.165) is 13.1 Å². The van der Waals surface area contributed by atoms with Gasteiger partial charge in [-0.2, -0.15) is 0 Å². The van der Waals surface area contributed by atoms with Gasteiger partial charge in [-0.3, -0.25) is 0 Å². The van der Waals surface area contributed by atoms with Crippen molar-refractivity contribution in [2.45, 2.75) is 25.4 Å². The maximum atomic E-state index is 13.9. The standard InChI is InChI=1S/C13H19FN2/c1-13(14,10-15)11-4-6-12(7-5-11)16-8-2-3-9-16/h4-7H,2-3,8-10,15H2,1H3. The van der Waals surface area contributed by atoms with Gasteiger partial charge in [0, 0.05) is 25.3 Å². The summed E-state index contributed by atoms with van der Waals surface area (Å²) in [6.07, 6.45) is 2.51. The fraction of sp³-hybridized carbons (Fsp3) is 0.538. The van der Waals surface area contributed by atoms with E-state index in [-0.39, 0.29) is 6.54 Å². The van der Waals surface area contributed by atoms with Gasteiger partial charge >= 0.3 is 0 Å². The van der Waals surface area contributed by atoms with Crippen LogP contribution >= 0.6 is 0 Å². The van der Waals surface area contributed by atoms with Crippen molar-refractivity contribution in [1.29, 1.82) is 0 Å². The summed E-state index contributed by atoms with van der Waals surface area (Å²) in [5, 5.41) is 0. The van der Waals surface area contributed by atoms with E-state index in [1.165, 1.54) is 25.5 Å². The lowest BCUT2D eigenvalue weighted by Crippen LogP contribution is -2.26. The number of nitrogens with zero attached hydrogens (tertiary/aromatic N) is 1. The molecule has 1 aromatic carbocycles. The lowest BCUT2D eigenvalue weighted by atomic mass is 9.98. The zero-order valence-electron chi connectivity index (χ0n) is 9.75. The Kier molecular flexibility index (Phi) is 3.15. The zero-order chi connectivity index (χ0) is 11.6. The van der Waals surface area contributed by atoms with Crippen LogP contribution in [0, 0.1) is 0 Å². The Morgan fingerprint density at radius 1 is 1.25 bits per heavy atom. The molecule has 16 heavy (non-hydrogen) atoms. The van der Waals surface area contributed by atoms with E-state index in [1.807, 2.05) is 24.3 Å². The molecular weight excluding hydrogens is 203 g/mol. The van der Waals surface area contributed by atoms with Crippen molar-refractivity contribution in [2.24, 2.45) is 5.73 Å². The Morgan fingerprint density at radius 2 is 1.81 bits per heavy atom. The van der Waals surface area contributed by atoms with Crippen LogP contribution in [0.3, 0.4) is 0 Å². The van der Waals surface area contributed by atoms with Crippen LogP contribution in [0.5, 0.6) is 0 Å². The van der Waals surface area contributed by atoms with E-state index in [1.54, 1.807) is 0 Å². The summed E-state index contributed by atoms with van der Waals surface area (Å²) in [7, 11) is 0. The molecule has 0 bridgehead atoms. The van der Waals surface area contributed by atoms with Crippen molar-refractivity contribution in [1.82, 2.24) is 0 Å². The Labute approximate surface area is 96.2 Å². The van der Waals surface area contributed by atoms with Crippen LogP contribution in [0.1, 0.15) is 25.3 Å². The Bertz CT molecular complexity index is 339. The molecule has 0 radical (unpaired) electrons. The van der Waals surface area contributed by atoms with Crippen molar-refractivity contribution in [3.05, 3.63) is 29.8 Å². The minimum Gasteiger partial charge on any atom is -0.372 e. The Morgan fingerprint density at radius 3 is 2.31 bits per heavy atom. The van der Waals surface area contributed by atoms with Crippen LogP contribution in [0.15, 0.2) is 24.3 Å². The fourth-order valence-corrected chi connectivity index (χ4v) is 2.11. The van der Waals surface area contributed by atoms with Crippen molar-refractivity contribution in [3.63, 3.8) is 0 Å². The molecule has 2 N–H and O–H groups in total. The van der Waals surface area contributed by atoms with Gasteiger partial charge in [0.05, 0.1) is 0 Å². The predicted octanol–water partition coefficient (Wildman–Crippen LogP) is 2.43. The number of anilines is 1. The molecule has 1 aliphatic rings. The van der Waals surface area contributed by atoms with E-state index in [4.69, 9.17) is 5.73 Å². The summed E-state index contributed by atoms with van der Waals surface area (Å²) in [6, 6.07) is 7.68. The summed E-state index contributed by atoms with van der Waals surface area (Å²) in [6.45, 7) is 3.78. The number of hydrogen-bond acceptors (Lipinski definition) is 2. The summed E-state index contributed by atoms with van der Waals surface area (Å²) in [5.41, 5.74) is 5.85. The highest BCUT2D eigenvalue weighted by Gasteiger charge is 2.23. The Hall–Kier alpha value is -1.09. The largest absolute Gasteiger partial charge is 0.372 e. The summed E-state index contributed by atoms with van der Waals surface area (Å²) >= 11 is 0. The van der Waals surface area contributed by atoms with Gasteiger partial charge in [-0.05, 0) is 37.5 Å². The van der Waals surface area contributed by atoms with Gasteiger partial charge in [0.15, 0.2) is 0 Å². The first-order chi connectivity index (χ1) is 7.63. The van der Waals surface area contributed by atoms with Crippen LogP contribution in [0.2, 0.25) is 0 Å². The van der Waals surface area contributed by atoms with Gasteiger partial charge in [-0.25, -0.2) is 4.39 Å². The minimum absolute atomic E-state index is 0.0239. The Balaban J connectivity index is 2.15. The van der Waals surface area contributed by atoms with Crippen molar-refractivity contribution < 1.29 is 4.39 Å². The molecule has 0 aliphatic carbocycles. The first kappa shape index (κ1) is 11.4. The average Bonchev–Trinajstić information content (AvgIpc) is 2.83. The van der Waals surface area contributed by atoms with Crippen molar-refractivity contribution in [3.8, 4) is 0 Å². The highest BCUT2D eigenvalue weighted by molar-refractivity contribution is 5.49. The topological polar surface area (TPSA) is 29.3 Å². The van der Waals surface area contributed by atoms with Crippen LogP contribution in [0.4, 0.5) is 10.1 Å². The quantitative estimate of drug-likeness (QED) is 0.851. The maximum absolute atomic E-state index is 13.9. The predicted molar refractivity (Wildman–Crippen MR) is 65.4 cm³/mol. The van der Waals surface area contributed by atoms with E-state index in [9.17, 15) is 4.39 Å². The highest BCUT2D eigenvalue weighted by atomic mass is 19.1. The van der Waals surface area contributed by atoms with E-state index in [2.05, 4.69) is 4.90 Å². The maximum Gasteiger partial charge on any atom is 0.145 e. The SMILES string of the molecule is CC(F)(CN)c1ccc(N2CCCC2)cc1. The molecule has 2 rings (SSSR count). The number of halogens is 1. The molecule has 1 heterocycles. The van der Waals surface area contributed by atoms with Gasteiger partial charge in [-0.15, -0.1) is 0 Å². The number of hydrogen-bond donors (Lipinski definition) is 1. The van der Waals surface area contributed by atoms with Gasteiger partial charge in [-0.1, -0.05) is 12.1 Å². The van der Waals surface area contributed by atoms with Gasteiger partial charge in [0.25, 0.3) is 0 Å². The summed E-state index contributed by atoms with van der Waals surface area (Å²) < 4.78 is 13.9. The molecular formula is C13H19FN2. The molecule has 1 unspecified atom stereocenters. The molecule has 0 aromatic heterocycles. The summed E-state index contributed by atoms with van der Waals surface area (Å²) in [5.74, 6) is 0. The molecule has 1 aromatic rings. The van der Waals surface area contributed by atoms with E-state index >= 15 is 0 Å². The molecule has 1 fully saturated rings. The average molecular weight is 222 g/mol. The number of alkyl halides is 1. The summed E-state index contributed by atoms with van der Waals surface area (Å²) in [4.78, 5) is 2.34. The third kappa shape index (κ3) is 2.19. The van der Waals surface area contributed by atoms with Crippen molar-refractivity contribution >= 4 is 5.69 Å². The van der Waals surface area contributed by atoms with Gasteiger partial charge < -0.3 is 10.6 Å².